The summed E-state index contributed by atoms with van der Waals surface area (Å²) in [4.78, 5) is -0.262. The molecule has 0 fully saturated rings. The predicted molar refractivity (Wildman–Crippen MR) is 66.0 cm³/mol. The van der Waals surface area contributed by atoms with Crippen molar-refractivity contribution in [3.05, 3.63) is 18.2 Å². The van der Waals surface area contributed by atoms with Crippen molar-refractivity contribution < 1.29 is 21.6 Å². The molecule has 0 aromatic heterocycles. The Hall–Kier alpha value is -1.48. The molecular weight excluding hydrogens is 283 g/mol. The lowest BCUT2D eigenvalue weighted by Gasteiger charge is -2.17. The first kappa shape index (κ1) is 15.6. The normalized spacial score (nSPS) is 14.2. The van der Waals surface area contributed by atoms with Gasteiger partial charge in [0.1, 0.15) is 4.90 Å². The van der Waals surface area contributed by atoms with Gasteiger partial charge in [0.2, 0.25) is 10.0 Å². The van der Waals surface area contributed by atoms with Gasteiger partial charge in [-0.2, -0.15) is 13.2 Å². The summed E-state index contributed by atoms with van der Waals surface area (Å²) in [5.41, 5.74) is 5.66. The molecular formula is C10H14F3N3O2S. The summed E-state index contributed by atoms with van der Waals surface area (Å²) in [6.45, 7) is 1.36. The van der Waals surface area contributed by atoms with Gasteiger partial charge in [-0.1, -0.05) is 0 Å². The van der Waals surface area contributed by atoms with Crippen molar-refractivity contribution in [2.75, 3.05) is 11.1 Å². The highest BCUT2D eigenvalue weighted by Crippen LogP contribution is 2.25. The zero-order valence-electron chi connectivity index (χ0n) is 10.0. The van der Waals surface area contributed by atoms with E-state index in [4.69, 9.17) is 10.9 Å². The average Bonchev–Trinajstić information content (AvgIpc) is 2.11. The van der Waals surface area contributed by atoms with Gasteiger partial charge in [-0.3, -0.25) is 0 Å². The number of sulfonamides is 1. The minimum atomic E-state index is -4.28. The molecule has 0 aliphatic heterocycles. The monoisotopic (exact) mass is 297 g/mol. The number of nitrogen functional groups attached to an aromatic ring is 1. The third-order valence-electron chi connectivity index (χ3n) is 2.27. The molecule has 1 aromatic rings. The Bertz CT molecular complexity index is 558. The van der Waals surface area contributed by atoms with Crippen molar-refractivity contribution >= 4 is 21.4 Å². The third-order valence-corrected chi connectivity index (χ3v) is 3.25. The number of anilines is 2. The first-order valence-corrected chi connectivity index (χ1v) is 6.79. The number of hydrogen-bond donors (Lipinski definition) is 3. The highest BCUT2D eigenvalue weighted by Gasteiger charge is 2.30. The van der Waals surface area contributed by atoms with Crippen LogP contribution < -0.4 is 16.2 Å². The molecule has 0 heterocycles. The van der Waals surface area contributed by atoms with Crippen LogP contribution in [-0.4, -0.2) is 20.6 Å². The van der Waals surface area contributed by atoms with E-state index in [1.54, 1.807) is 0 Å². The molecule has 1 rings (SSSR count). The van der Waals surface area contributed by atoms with Crippen molar-refractivity contribution in [1.29, 1.82) is 0 Å². The minimum absolute atomic E-state index is 0.119. The van der Waals surface area contributed by atoms with Crippen molar-refractivity contribution in [1.82, 2.24) is 0 Å². The number of primary sulfonamides is 1. The fourth-order valence-electron chi connectivity index (χ4n) is 1.58. The van der Waals surface area contributed by atoms with Crippen molar-refractivity contribution in [3.8, 4) is 0 Å². The maximum atomic E-state index is 12.1. The lowest BCUT2D eigenvalue weighted by molar-refractivity contribution is -0.136. The van der Waals surface area contributed by atoms with Gasteiger partial charge in [0.25, 0.3) is 0 Å². The molecule has 0 bridgehead atoms. The maximum absolute atomic E-state index is 12.1. The van der Waals surface area contributed by atoms with Crippen LogP contribution in [0.4, 0.5) is 24.5 Å². The molecule has 5 N–H and O–H groups in total. The van der Waals surface area contributed by atoms with Crippen LogP contribution in [0.3, 0.4) is 0 Å². The second-order valence-electron chi connectivity index (χ2n) is 4.16. The van der Waals surface area contributed by atoms with Gasteiger partial charge < -0.3 is 11.1 Å². The van der Waals surface area contributed by atoms with Gasteiger partial charge in [-0.25, -0.2) is 13.6 Å². The summed E-state index contributed by atoms with van der Waals surface area (Å²) in [5, 5.41) is 7.50. The average molecular weight is 297 g/mol. The van der Waals surface area contributed by atoms with Gasteiger partial charge in [0.05, 0.1) is 12.1 Å². The molecule has 0 amide bonds. The summed E-state index contributed by atoms with van der Waals surface area (Å²) < 4.78 is 58.7. The number of alkyl halides is 3. The van der Waals surface area contributed by atoms with Crippen LogP contribution in [0.2, 0.25) is 0 Å². The van der Waals surface area contributed by atoms with E-state index in [2.05, 4.69) is 5.32 Å². The van der Waals surface area contributed by atoms with Crippen LogP contribution >= 0.6 is 0 Å². The van der Waals surface area contributed by atoms with E-state index in [-0.39, 0.29) is 10.6 Å². The Kier molecular flexibility index (Phi) is 4.31. The Morgan fingerprint density at radius 1 is 1.37 bits per heavy atom. The molecule has 1 unspecified atom stereocenters. The predicted octanol–water partition coefficient (Wildman–Crippen LogP) is 1.67. The standard InChI is InChI=1S/C10H14F3N3O2S/c1-6(5-10(11,12)13)16-7-2-3-9(8(14)4-7)19(15,17)18/h2-4,6,16H,5,14H2,1H3,(H2,15,17,18). The second kappa shape index (κ2) is 5.25. The number of halogens is 3. The van der Waals surface area contributed by atoms with Crippen LogP contribution in [0.1, 0.15) is 13.3 Å². The summed E-state index contributed by atoms with van der Waals surface area (Å²) in [6.07, 6.45) is -5.29. The molecule has 1 atom stereocenters. The lowest BCUT2D eigenvalue weighted by Crippen LogP contribution is -2.24. The number of benzene rings is 1. The highest BCUT2D eigenvalue weighted by atomic mass is 32.2. The van der Waals surface area contributed by atoms with Gasteiger partial charge in [0.15, 0.2) is 0 Å². The quantitative estimate of drug-likeness (QED) is 0.736. The molecule has 0 spiro atoms. The van der Waals surface area contributed by atoms with Crippen LogP contribution in [-0.2, 0) is 10.0 Å². The van der Waals surface area contributed by atoms with Crippen molar-refractivity contribution in [2.45, 2.75) is 30.5 Å². The zero-order valence-corrected chi connectivity index (χ0v) is 10.8. The van der Waals surface area contributed by atoms with Crippen molar-refractivity contribution in [3.63, 3.8) is 0 Å². The van der Waals surface area contributed by atoms with Crippen LogP contribution in [0.5, 0.6) is 0 Å². The molecule has 108 valence electrons. The van der Waals surface area contributed by atoms with Gasteiger partial charge in [-0.05, 0) is 25.1 Å². The molecule has 0 aliphatic carbocycles. The van der Waals surface area contributed by atoms with Crippen molar-refractivity contribution in [2.24, 2.45) is 5.14 Å². The first-order chi connectivity index (χ1) is 8.49. The van der Waals surface area contributed by atoms with Crippen LogP contribution in [0.25, 0.3) is 0 Å². The largest absolute Gasteiger partial charge is 0.398 e. The smallest absolute Gasteiger partial charge is 0.391 e. The van der Waals surface area contributed by atoms with E-state index in [0.29, 0.717) is 5.69 Å². The van der Waals surface area contributed by atoms with E-state index < -0.39 is 28.7 Å². The Labute approximate surface area is 108 Å². The van der Waals surface area contributed by atoms with Crippen LogP contribution in [0, 0.1) is 0 Å². The third kappa shape index (κ3) is 4.95. The molecule has 0 radical (unpaired) electrons. The number of rotatable bonds is 4. The minimum Gasteiger partial charge on any atom is -0.398 e. The fraction of sp³-hybridized carbons (Fsp3) is 0.400. The number of nitrogens with two attached hydrogens (primary N) is 2. The Morgan fingerprint density at radius 3 is 2.37 bits per heavy atom. The van der Waals surface area contributed by atoms with Gasteiger partial charge in [-0.15, -0.1) is 0 Å². The molecule has 19 heavy (non-hydrogen) atoms. The molecule has 0 saturated heterocycles. The molecule has 0 saturated carbocycles. The van der Waals surface area contributed by atoms with E-state index in [9.17, 15) is 21.6 Å². The van der Waals surface area contributed by atoms with Crippen LogP contribution in [0.15, 0.2) is 23.1 Å². The molecule has 0 aliphatic rings. The lowest BCUT2D eigenvalue weighted by atomic mass is 10.2. The maximum Gasteiger partial charge on any atom is 0.391 e. The van der Waals surface area contributed by atoms with E-state index in [0.717, 1.165) is 6.07 Å². The number of nitrogens with one attached hydrogen (secondary N) is 1. The molecule has 5 nitrogen and oxygen atoms in total. The van der Waals surface area contributed by atoms with Gasteiger partial charge in [0, 0.05) is 11.7 Å². The summed E-state index contributed by atoms with van der Waals surface area (Å²) >= 11 is 0. The van der Waals surface area contributed by atoms with E-state index in [1.807, 2.05) is 0 Å². The molecule has 1 aromatic carbocycles. The number of hydrogen-bond acceptors (Lipinski definition) is 4. The SMILES string of the molecule is CC(CC(F)(F)F)Nc1ccc(S(N)(=O)=O)c(N)c1. The fourth-order valence-corrected chi connectivity index (χ4v) is 2.23. The first-order valence-electron chi connectivity index (χ1n) is 5.24. The Morgan fingerprint density at radius 2 is 1.95 bits per heavy atom. The summed E-state index contributed by atoms with van der Waals surface area (Å²) in [7, 11) is -3.94. The molecule has 9 heteroatoms. The van der Waals surface area contributed by atoms with E-state index >= 15 is 0 Å². The zero-order chi connectivity index (χ0) is 14.8. The Balaban J connectivity index is 2.85. The van der Waals surface area contributed by atoms with Gasteiger partial charge >= 0.3 is 6.18 Å². The highest BCUT2D eigenvalue weighted by molar-refractivity contribution is 7.89. The topological polar surface area (TPSA) is 98.2 Å². The summed E-state index contributed by atoms with van der Waals surface area (Å²) in [6, 6.07) is 2.82. The summed E-state index contributed by atoms with van der Waals surface area (Å²) in [5.74, 6) is 0. The second-order valence-corrected chi connectivity index (χ2v) is 5.69. The van der Waals surface area contributed by atoms with E-state index in [1.165, 1.54) is 19.1 Å².